The lowest BCUT2D eigenvalue weighted by Gasteiger charge is -2.38. The van der Waals surface area contributed by atoms with Gasteiger partial charge in [0, 0.05) is 31.7 Å². The van der Waals surface area contributed by atoms with Gasteiger partial charge in [-0.3, -0.25) is 4.90 Å². The second kappa shape index (κ2) is 5.68. The Hall–Kier alpha value is -0.120. The van der Waals surface area contributed by atoms with Crippen molar-refractivity contribution in [3.05, 3.63) is 0 Å². The summed E-state index contributed by atoms with van der Waals surface area (Å²) in [5.41, 5.74) is 0.514. The van der Waals surface area contributed by atoms with Gasteiger partial charge in [-0.2, -0.15) is 0 Å². The van der Waals surface area contributed by atoms with E-state index in [4.69, 9.17) is 4.74 Å². The predicted octanol–water partition coefficient (Wildman–Crippen LogP) is 2.12. The predicted molar refractivity (Wildman–Crippen MR) is 73.4 cm³/mol. The normalized spacial score (nSPS) is 24.0. The Bertz CT molecular complexity index is 233. The quantitative estimate of drug-likeness (QED) is 0.817. The van der Waals surface area contributed by atoms with Crippen LogP contribution in [0, 0.1) is 5.41 Å². The largest absolute Gasteiger partial charge is 0.376 e. The highest BCUT2D eigenvalue weighted by atomic mass is 16.5. The van der Waals surface area contributed by atoms with Crippen molar-refractivity contribution in [1.82, 2.24) is 10.2 Å². The maximum atomic E-state index is 5.58. The smallest absolute Gasteiger partial charge is 0.0674 e. The van der Waals surface area contributed by atoms with Crippen LogP contribution in [0.3, 0.4) is 0 Å². The molecule has 1 saturated heterocycles. The third-order valence-electron chi connectivity index (χ3n) is 3.07. The van der Waals surface area contributed by atoms with Crippen LogP contribution in [0.2, 0.25) is 0 Å². The number of ether oxygens (including phenoxy) is 1. The lowest BCUT2D eigenvalue weighted by atomic mass is 9.91. The Labute approximate surface area is 107 Å². The zero-order valence-electron chi connectivity index (χ0n) is 12.5. The molecule has 0 aromatic carbocycles. The van der Waals surface area contributed by atoms with Crippen LogP contribution in [-0.2, 0) is 4.74 Å². The first-order valence-corrected chi connectivity index (χ1v) is 6.77. The molecule has 1 N–H and O–H groups in total. The summed E-state index contributed by atoms with van der Waals surface area (Å²) >= 11 is 0. The minimum absolute atomic E-state index is 0.204. The highest BCUT2D eigenvalue weighted by Crippen LogP contribution is 2.19. The Morgan fingerprint density at radius 2 is 1.88 bits per heavy atom. The molecule has 3 heteroatoms. The first kappa shape index (κ1) is 14.9. The molecule has 0 amide bonds. The molecule has 1 atom stereocenters. The van der Waals surface area contributed by atoms with E-state index >= 15 is 0 Å². The fraction of sp³-hybridized carbons (Fsp3) is 1.00. The van der Waals surface area contributed by atoms with Crippen molar-refractivity contribution in [2.24, 2.45) is 5.41 Å². The van der Waals surface area contributed by atoms with Gasteiger partial charge in [0.05, 0.1) is 12.7 Å². The molecule has 0 saturated carbocycles. The number of nitrogens with one attached hydrogen (secondary N) is 1. The van der Waals surface area contributed by atoms with E-state index in [2.05, 4.69) is 51.8 Å². The molecule has 102 valence electrons. The number of rotatable bonds is 4. The SMILES string of the molecule is CC1CN(CC(C)(C)CNC(C)(C)C)CCO1. The average Bonchev–Trinajstić information content (AvgIpc) is 2.13. The Morgan fingerprint density at radius 3 is 2.41 bits per heavy atom. The third-order valence-corrected chi connectivity index (χ3v) is 3.07. The molecule has 1 rings (SSSR count). The molecule has 1 aliphatic rings. The molecule has 0 bridgehead atoms. The van der Waals surface area contributed by atoms with Gasteiger partial charge in [0.2, 0.25) is 0 Å². The van der Waals surface area contributed by atoms with E-state index < -0.39 is 0 Å². The van der Waals surface area contributed by atoms with Crippen LogP contribution in [-0.4, -0.2) is 49.3 Å². The van der Waals surface area contributed by atoms with Gasteiger partial charge in [-0.15, -0.1) is 0 Å². The summed E-state index contributed by atoms with van der Waals surface area (Å²) < 4.78 is 5.58. The van der Waals surface area contributed by atoms with Gasteiger partial charge >= 0.3 is 0 Å². The van der Waals surface area contributed by atoms with Crippen molar-refractivity contribution in [2.75, 3.05) is 32.8 Å². The standard InChI is InChI=1S/C14H30N2O/c1-12-9-16(7-8-17-12)11-14(5,6)10-15-13(2,3)4/h12,15H,7-11H2,1-6H3. The Kier molecular flexibility index (Phi) is 4.99. The maximum absolute atomic E-state index is 5.58. The monoisotopic (exact) mass is 242 g/mol. The van der Waals surface area contributed by atoms with E-state index in [1.54, 1.807) is 0 Å². The summed E-state index contributed by atoms with van der Waals surface area (Å²) in [6, 6.07) is 0. The van der Waals surface area contributed by atoms with Crippen molar-refractivity contribution < 1.29 is 4.74 Å². The third kappa shape index (κ3) is 6.39. The highest BCUT2D eigenvalue weighted by molar-refractivity contribution is 4.82. The van der Waals surface area contributed by atoms with Crippen LogP contribution in [0.25, 0.3) is 0 Å². The van der Waals surface area contributed by atoms with Crippen LogP contribution in [0.15, 0.2) is 0 Å². The van der Waals surface area contributed by atoms with E-state index in [9.17, 15) is 0 Å². The molecule has 1 unspecified atom stereocenters. The molecule has 3 nitrogen and oxygen atoms in total. The summed E-state index contributed by atoms with van der Waals surface area (Å²) in [5.74, 6) is 0. The average molecular weight is 242 g/mol. The van der Waals surface area contributed by atoms with Crippen molar-refractivity contribution in [3.8, 4) is 0 Å². The maximum Gasteiger partial charge on any atom is 0.0674 e. The molecule has 0 aromatic heterocycles. The van der Waals surface area contributed by atoms with E-state index in [1.807, 2.05) is 0 Å². The van der Waals surface area contributed by atoms with E-state index in [0.29, 0.717) is 11.5 Å². The molecule has 1 heterocycles. The van der Waals surface area contributed by atoms with Gasteiger partial charge < -0.3 is 10.1 Å². The van der Waals surface area contributed by atoms with Gasteiger partial charge in [0.25, 0.3) is 0 Å². The first-order valence-electron chi connectivity index (χ1n) is 6.77. The van der Waals surface area contributed by atoms with Crippen LogP contribution in [0.4, 0.5) is 0 Å². The van der Waals surface area contributed by atoms with E-state index in [1.165, 1.54) is 0 Å². The second-order valence-corrected chi connectivity index (χ2v) is 7.18. The van der Waals surface area contributed by atoms with Crippen molar-refractivity contribution in [3.63, 3.8) is 0 Å². The highest BCUT2D eigenvalue weighted by Gasteiger charge is 2.26. The number of morpholine rings is 1. The molecule has 1 aliphatic heterocycles. The molecule has 0 aliphatic carbocycles. The van der Waals surface area contributed by atoms with Crippen LogP contribution >= 0.6 is 0 Å². The fourth-order valence-corrected chi connectivity index (χ4v) is 2.20. The second-order valence-electron chi connectivity index (χ2n) is 7.18. The van der Waals surface area contributed by atoms with Crippen molar-refractivity contribution in [1.29, 1.82) is 0 Å². The minimum Gasteiger partial charge on any atom is -0.376 e. The van der Waals surface area contributed by atoms with Crippen LogP contribution < -0.4 is 5.32 Å². The zero-order chi connectivity index (χ0) is 13.1. The van der Waals surface area contributed by atoms with Gasteiger partial charge in [0.1, 0.15) is 0 Å². The van der Waals surface area contributed by atoms with Crippen molar-refractivity contribution >= 4 is 0 Å². The van der Waals surface area contributed by atoms with Crippen LogP contribution in [0.1, 0.15) is 41.5 Å². The van der Waals surface area contributed by atoms with E-state index in [0.717, 1.165) is 32.8 Å². The molecule has 1 fully saturated rings. The number of hydrogen-bond donors (Lipinski definition) is 1. The van der Waals surface area contributed by atoms with Gasteiger partial charge in [-0.05, 0) is 33.1 Å². The molecule has 0 radical (unpaired) electrons. The fourth-order valence-electron chi connectivity index (χ4n) is 2.20. The van der Waals surface area contributed by atoms with Gasteiger partial charge in [0.15, 0.2) is 0 Å². The molecule has 17 heavy (non-hydrogen) atoms. The number of nitrogens with zero attached hydrogens (tertiary/aromatic N) is 1. The lowest BCUT2D eigenvalue weighted by Crippen LogP contribution is -2.49. The first-order chi connectivity index (χ1) is 7.68. The molecule has 0 spiro atoms. The topological polar surface area (TPSA) is 24.5 Å². The molecular weight excluding hydrogens is 212 g/mol. The minimum atomic E-state index is 0.204. The van der Waals surface area contributed by atoms with Crippen LogP contribution in [0.5, 0.6) is 0 Å². The molecular formula is C14H30N2O. The Morgan fingerprint density at radius 1 is 1.24 bits per heavy atom. The zero-order valence-corrected chi connectivity index (χ0v) is 12.5. The molecule has 0 aromatic rings. The van der Waals surface area contributed by atoms with Gasteiger partial charge in [-0.1, -0.05) is 13.8 Å². The van der Waals surface area contributed by atoms with Crippen molar-refractivity contribution in [2.45, 2.75) is 53.2 Å². The summed E-state index contributed by atoms with van der Waals surface area (Å²) in [6.45, 7) is 18.7. The summed E-state index contributed by atoms with van der Waals surface area (Å²) in [6.07, 6.45) is 0.384. The lowest BCUT2D eigenvalue weighted by molar-refractivity contribution is -0.0294. The summed E-state index contributed by atoms with van der Waals surface area (Å²) in [7, 11) is 0. The Balaban J connectivity index is 2.37. The van der Waals surface area contributed by atoms with E-state index in [-0.39, 0.29) is 5.54 Å². The summed E-state index contributed by atoms with van der Waals surface area (Å²) in [5, 5.41) is 3.61. The number of hydrogen-bond acceptors (Lipinski definition) is 3. The van der Waals surface area contributed by atoms with Gasteiger partial charge in [-0.25, -0.2) is 0 Å². The summed E-state index contributed by atoms with van der Waals surface area (Å²) in [4.78, 5) is 2.53.